The summed E-state index contributed by atoms with van der Waals surface area (Å²) in [5.41, 5.74) is 0. The molecule has 6 nitrogen and oxygen atoms in total. The van der Waals surface area contributed by atoms with Crippen LogP contribution in [0.4, 0.5) is 0 Å². The molecule has 0 radical (unpaired) electrons. The van der Waals surface area contributed by atoms with E-state index in [1.54, 1.807) is 69.7 Å². The average molecular weight is 523 g/mol. The van der Waals surface area contributed by atoms with E-state index >= 15 is 0 Å². The summed E-state index contributed by atoms with van der Waals surface area (Å²) in [6.45, 7) is 0. The minimum absolute atomic E-state index is 0.616. The predicted octanol–water partition coefficient (Wildman–Crippen LogP) is 5.36. The number of hydrogen-bond acceptors (Lipinski definition) is 10. The smallest absolute Gasteiger partial charge is 0.500 e. The van der Waals surface area contributed by atoms with E-state index in [1.165, 1.54) is 0 Å². The highest BCUT2D eigenvalue weighted by Crippen LogP contribution is 2.45. The first-order chi connectivity index (χ1) is 14.6. The largest absolute Gasteiger partial charge is 0.576 e. The summed E-state index contributed by atoms with van der Waals surface area (Å²) in [6, 6.07) is 19.2. The lowest BCUT2D eigenvalue weighted by Crippen LogP contribution is -2.50. The molecule has 0 aliphatic heterocycles. The summed E-state index contributed by atoms with van der Waals surface area (Å²) in [7, 11) is 7.48. The molecular formula is C18H26O6S4Si2. The van der Waals surface area contributed by atoms with Crippen LogP contribution in [0.5, 0.6) is 11.5 Å². The molecule has 166 valence electrons. The molecule has 0 bridgehead atoms. The van der Waals surface area contributed by atoms with Crippen molar-refractivity contribution in [2.75, 3.05) is 39.2 Å². The van der Waals surface area contributed by atoms with Crippen LogP contribution in [0, 0.1) is 0 Å². The fraction of sp³-hybridized carbons (Fsp3) is 0.333. The zero-order chi connectivity index (χ0) is 21.7. The Morgan fingerprint density at radius 2 is 0.900 bits per heavy atom. The number of benzene rings is 2. The maximum atomic E-state index is 6.05. The first-order valence-electron chi connectivity index (χ1n) is 8.87. The van der Waals surface area contributed by atoms with Gasteiger partial charge in [0.15, 0.2) is 0 Å². The number of rotatable bonds is 15. The molecule has 0 spiro atoms. The van der Waals surface area contributed by atoms with E-state index in [1.807, 2.05) is 60.7 Å². The fourth-order valence-electron chi connectivity index (χ4n) is 2.20. The summed E-state index contributed by atoms with van der Waals surface area (Å²) in [6.07, 6.45) is 0. The van der Waals surface area contributed by atoms with Crippen LogP contribution < -0.4 is 8.85 Å². The Kier molecular flexibility index (Phi) is 12.1. The van der Waals surface area contributed by atoms with Gasteiger partial charge in [0.25, 0.3) is 0 Å². The van der Waals surface area contributed by atoms with Crippen LogP contribution in [0.25, 0.3) is 0 Å². The van der Waals surface area contributed by atoms with E-state index in [-0.39, 0.29) is 0 Å². The van der Waals surface area contributed by atoms with Crippen LogP contribution in [-0.2, 0) is 17.7 Å². The van der Waals surface area contributed by atoms with Crippen molar-refractivity contribution >= 4 is 58.8 Å². The van der Waals surface area contributed by atoms with Gasteiger partial charge < -0.3 is 26.6 Å². The lowest BCUT2D eigenvalue weighted by molar-refractivity contribution is 0.167. The van der Waals surface area contributed by atoms with Gasteiger partial charge in [0.1, 0.15) is 11.5 Å². The molecule has 0 amide bonds. The van der Waals surface area contributed by atoms with Gasteiger partial charge in [0.2, 0.25) is 0 Å². The van der Waals surface area contributed by atoms with Gasteiger partial charge in [-0.25, -0.2) is 0 Å². The molecule has 2 rings (SSSR count). The zero-order valence-electron chi connectivity index (χ0n) is 17.3. The summed E-state index contributed by atoms with van der Waals surface area (Å²) in [4.78, 5) is 0. The highest BCUT2D eigenvalue weighted by Gasteiger charge is 2.43. The van der Waals surface area contributed by atoms with Gasteiger partial charge in [-0.3, -0.25) is 0 Å². The molecule has 0 unspecified atom stereocenters. The number of hydrogen-bond donors (Lipinski definition) is 0. The van der Waals surface area contributed by atoms with Crippen LogP contribution in [0.15, 0.2) is 60.7 Å². The van der Waals surface area contributed by atoms with Crippen molar-refractivity contribution in [3.8, 4) is 11.5 Å². The lowest BCUT2D eigenvalue weighted by atomic mass is 10.3. The minimum Gasteiger partial charge on any atom is -0.500 e. The van der Waals surface area contributed by atoms with E-state index in [2.05, 4.69) is 0 Å². The molecule has 0 saturated carbocycles. The zero-order valence-corrected chi connectivity index (χ0v) is 22.5. The monoisotopic (exact) mass is 522 g/mol. The molecule has 2 aromatic rings. The maximum Gasteiger partial charge on any atom is 0.576 e. The molecule has 0 atom stereocenters. The van der Waals surface area contributed by atoms with Crippen LogP contribution in [0.1, 0.15) is 0 Å². The van der Waals surface area contributed by atoms with Crippen molar-refractivity contribution in [3.63, 3.8) is 0 Å². The van der Waals surface area contributed by atoms with E-state index in [0.29, 0.717) is 10.8 Å². The van der Waals surface area contributed by atoms with Gasteiger partial charge in [0.05, 0.1) is 10.8 Å². The van der Waals surface area contributed by atoms with Crippen molar-refractivity contribution in [1.29, 1.82) is 0 Å². The Morgan fingerprint density at radius 1 is 0.567 bits per heavy atom. The second-order valence-corrected chi connectivity index (χ2v) is 18.2. The Bertz CT molecular complexity index is 647. The molecule has 2 aromatic carbocycles. The van der Waals surface area contributed by atoms with E-state index in [9.17, 15) is 0 Å². The van der Waals surface area contributed by atoms with Gasteiger partial charge in [-0.1, -0.05) is 58.0 Å². The standard InChI is InChI=1S/C18H26O6S4Si2/c1-19-29(20-2,23-17-11-7-5-8-12-17)15-25-27-28-26-16-30(21-3,22-4)24-18-13-9-6-10-14-18/h5-14H,15-16H2,1-4H3. The molecular weight excluding hydrogens is 497 g/mol. The van der Waals surface area contributed by atoms with E-state index in [0.717, 1.165) is 11.5 Å². The van der Waals surface area contributed by atoms with Crippen molar-refractivity contribution in [2.24, 2.45) is 0 Å². The highest BCUT2D eigenvalue weighted by molar-refractivity contribution is 9.26. The maximum absolute atomic E-state index is 6.05. The Labute approximate surface area is 196 Å². The third-order valence-electron chi connectivity index (χ3n) is 3.87. The normalized spacial score (nSPS) is 12.0. The summed E-state index contributed by atoms with van der Waals surface area (Å²) in [5, 5.41) is 1.23. The SMILES string of the molecule is CO[Si](CSSSSC[Si](OC)(OC)Oc1ccccc1)(OC)Oc1ccccc1. The van der Waals surface area contributed by atoms with Crippen LogP contribution in [0.3, 0.4) is 0 Å². The quantitative estimate of drug-likeness (QED) is 0.173. The predicted molar refractivity (Wildman–Crippen MR) is 134 cm³/mol. The van der Waals surface area contributed by atoms with Gasteiger partial charge in [-0.2, -0.15) is 0 Å². The summed E-state index contributed by atoms with van der Waals surface area (Å²) < 4.78 is 34.7. The molecule has 0 N–H and O–H groups in total. The van der Waals surface area contributed by atoms with Crippen molar-refractivity contribution < 1.29 is 26.6 Å². The molecule has 0 aliphatic carbocycles. The Balaban J connectivity index is 1.78. The second kappa shape index (κ2) is 14.0. The lowest BCUT2D eigenvalue weighted by Gasteiger charge is -2.26. The number of para-hydroxylation sites is 2. The van der Waals surface area contributed by atoms with Crippen LogP contribution >= 0.6 is 41.2 Å². The second-order valence-electron chi connectivity index (χ2n) is 5.67. The Morgan fingerprint density at radius 3 is 1.20 bits per heavy atom. The third-order valence-corrected chi connectivity index (χ3v) is 18.1. The van der Waals surface area contributed by atoms with E-state index in [4.69, 9.17) is 26.6 Å². The van der Waals surface area contributed by atoms with E-state index < -0.39 is 17.6 Å². The van der Waals surface area contributed by atoms with Crippen LogP contribution in [-0.4, -0.2) is 56.8 Å². The van der Waals surface area contributed by atoms with Gasteiger partial charge in [-0.05, 0) is 43.9 Å². The first-order valence-corrected chi connectivity index (χ1v) is 17.9. The third kappa shape index (κ3) is 8.33. The van der Waals surface area contributed by atoms with Gasteiger partial charge >= 0.3 is 17.6 Å². The molecule has 0 heterocycles. The van der Waals surface area contributed by atoms with Crippen molar-refractivity contribution in [3.05, 3.63) is 60.7 Å². The summed E-state index contributed by atoms with van der Waals surface area (Å²) in [5.74, 6) is 1.49. The molecule has 0 saturated heterocycles. The molecule has 12 heteroatoms. The molecule has 0 aliphatic rings. The summed E-state index contributed by atoms with van der Waals surface area (Å²) >= 11 is 0. The molecule has 0 aromatic heterocycles. The van der Waals surface area contributed by atoms with Crippen LogP contribution in [0.2, 0.25) is 0 Å². The molecule has 30 heavy (non-hydrogen) atoms. The first kappa shape index (κ1) is 26.0. The fourth-order valence-corrected chi connectivity index (χ4v) is 17.0. The van der Waals surface area contributed by atoms with Crippen molar-refractivity contribution in [2.45, 2.75) is 0 Å². The van der Waals surface area contributed by atoms with Crippen molar-refractivity contribution in [1.82, 2.24) is 0 Å². The Hall–Kier alpha value is -0.286. The average Bonchev–Trinajstić information content (AvgIpc) is 2.81. The molecule has 0 fully saturated rings. The minimum atomic E-state index is -2.79. The topological polar surface area (TPSA) is 55.4 Å². The van der Waals surface area contributed by atoms with Gasteiger partial charge in [-0.15, -0.1) is 0 Å². The van der Waals surface area contributed by atoms with Gasteiger partial charge in [0, 0.05) is 28.4 Å². The highest BCUT2D eigenvalue weighted by atomic mass is 33.7.